The first-order valence-electron chi connectivity index (χ1n) is 6.76. The van der Waals surface area contributed by atoms with Gasteiger partial charge < -0.3 is 10.6 Å². The molecule has 2 N–H and O–H groups in total. The molecule has 1 amide bonds. The van der Waals surface area contributed by atoms with Gasteiger partial charge in [-0.2, -0.15) is 0 Å². The fraction of sp³-hybridized carbons (Fsp3) is 0.533. The highest BCUT2D eigenvalue weighted by molar-refractivity contribution is 5.79. The number of hydrogen-bond acceptors (Lipinski definition) is 2. The van der Waals surface area contributed by atoms with Gasteiger partial charge >= 0.3 is 0 Å². The summed E-state index contributed by atoms with van der Waals surface area (Å²) in [5.74, 6) is 0.222. The first kappa shape index (κ1) is 13.1. The molecule has 0 unspecified atom stereocenters. The zero-order valence-corrected chi connectivity index (χ0v) is 11.1. The van der Waals surface area contributed by atoms with Gasteiger partial charge in [-0.1, -0.05) is 24.3 Å². The molecule has 1 aromatic rings. The van der Waals surface area contributed by atoms with E-state index < -0.39 is 0 Å². The molecular weight excluding hydrogens is 224 g/mol. The van der Waals surface area contributed by atoms with E-state index in [0.29, 0.717) is 13.0 Å². The van der Waals surface area contributed by atoms with Gasteiger partial charge in [-0.15, -0.1) is 0 Å². The molecule has 0 spiro atoms. The Balaban J connectivity index is 2.05. The molecule has 1 saturated heterocycles. The van der Waals surface area contributed by atoms with Gasteiger partial charge in [-0.05, 0) is 37.3 Å². The summed E-state index contributed by atoms with van der Waals surface area (Å²) < 4.78 is 0. The fourth-order valence-electron chi connectivity index (χ4n) is 2.65. The van der Waals surface area contributed by atoms with Crippen LogP contribution in [-0.2, 0) is 11.2 Å². The average Bonchev–Trinajstić information content (AvgIpc) is 2.41. The quantitative estimate of drug-likeness (QED) is 0.885. The van der Waals surface area contributed by atoms with E-state index in [2.05, 4.69) is 13.0 Å². The van der Waals surface area contributed by atoms with Crippen molar-refractivity contribution < 1.29 is 4.79 Å². The zero-order chi connectivity index (χ0) is 13.0. The number of rotatable bonds is 3. The van der Waals surface area contributed by atoms with Crippen LogP contribution in [-0.4, -0.2) is 29.9 Å². The average molecular weight is 246 g/mol. The maximum Gasteiger partial charge on any atom is 0.227 e. The van der Waals surface area contributed by atoms with Crippen LogP contribution in [0.1, 0.15) is 30.4 Å². The SMILES string of the molecule is Cc1ccccc1CC(=O)N1CCCC[C@H]1CN. The molecule has 0 aromatic heterocycles. The Hall–Kier alpha value is -1.35. The molecule has 1 heterocycles. The predicted molar refractivity (Wildman–Crippen MR) is 73.3 cm³/mol. The molecule has 1 aliphatic heterocycles. The smallest absolute Gasteiger partial charge is 0.227 e. The molecule has 0 radical (unpaired) electrons. The van der Waals surface area contributed by atoms with Crippen molar-refractivity contribution in [1.29, 1.82) is 0 Å². The summed E-state index contributed by atoms with van der Waals surface area (Å²) in [7, 11) is 0. The lowest BCUT2D eigenvalue weighted by Crippen LogP contribution is -2.48. The lowest BCUT2D eigenvalue weighted by atomic mass is 10.00. The molecule has 98 valence electrons. The highest BCUT2D eigenvalue weighted by Gasteiger charge is 2.25. The summed E-state index contributed by atoms with van der Waals surface area (Å²) in [6.07, 6.45) is 3.85. The lowest BCUT2D eigenvalue weighted by Gasteiger charge is -2.35. The number of carbonyl (C=O) groups excluding carboxylic acids is 1. The van der Waals surface area contributed by atoms with E-state index in [0.717, 1.165) is 24.9 Å². The molecule has 1 fully saturated rings. The number of carbonyl (C=O) groups is 1. The number of hydrogen-bond donors (Lipinski definition) is 1. The molecule has 0 bridgehead atoms. The largest absolute Gasteiger partial charge is 0.338 e. The molecule has 1 atom stereocenters. The van der Waals surface area contributed by atoms with Crippen LogP contribution in [0.3, 0.4) is 0 Å². The molecule has 0 saturated carbocycles. The maximum absolute atomic E-state index is 12.4. The van der Waals surface area contributed by atoms with Gasteiger partial charge in [-0.3, -0.25) is 4.79 Å². The van der Waals surface area contributed by atoms with E-state index in [9.17, 15) is 4.79 Å². The topological polar surface area (TPSA) is 46.3 Å². The molecule has 18 heavy (non-hydrogen) atoms. The van der Waals surface area contributed by atoms with Crippen LogP contribution in [0.5, 0.6) is 0 Å². The van der Waals surface area contributed by atoms with Gasteiger partial charge in [0.2, 0.25) is 5.91 Å². The number of nitrogens with two attached hydrogens (primary N) is 1. The second-order valence-electron chi connectivity index (χ2n) is 5.08. The van der Waals surface area contributed by atoms with E-state index in [1.807, 2.05) is 23.1 Å². The number of piperidine rings is 1. The molecule has 1 aromatic carbocycles. The minimum Gasteiger partial charge on any atom is -0.338 e. The van der Waals surface area contributed by atoms with Crippen LogP contribution in [0.15, 0.2) is 24.3 Å². The highest BCUT2D eigenvalue weighted by atomic mass is 16.2. The van der Waals surface area contributed by atoms with E-state index >= 15 is 0 Å². The fourth-order valence-corrected chi connectivity index (χ4v) is 2.65. The Morgan fingerprint density at radius 1 is 1.39 bits per heavy atom. The molecule has 3 nitrogen and oxygen atoms in total. The van der Waals surface area contributed by atoms with Crippen molar-refractivity contribution in [3.05, 3.63) is 35.4 Å². The molecule has 3 heteroatoms. The Labute approximate surface area is 109 Å². The van der Waals surface area contributed by atoms with Gasteiger partial charge in [0, 0.05) is 19.1 Å². The summed E-state index contributed by atoms with van der Waals surface area (Å²) >= 11 is 0. The second-order valence-corrected chi connectivity index (χ2v) is 5.08. The van der Waals surface area contributed by atoms with E-state index in [1.165, 1.54) is 12.0 Å². The van der Waals surface area contributed by atoms with Crippen molar-refractivity contribution >= 4 is 5.91 Å². The van der Waals surface area contributed by atoms with Crippen molar-refractivity contribution in [2.75, 3.05) is 13.1 Å². The van der Waals surface area contributed by atoms with E-state index in [1.54, 1.807) is 0 Å². The summed E-state index contributed by atoms with van der Waals surface area (Å²) in [5.41, 5.74) is 8.08. The van der Waals surface area contributed by atoms with Crippen LogP contribution in [0.4, 0.5) is 0 Å². The third-order valence-corrected chi connectivity index (χ3v) is 3.82. The van der Waals surface area contributed by atoms with Crippen molar-refractivity contribution in [2.24, 2.45) is 5.73 Å². The van der Waals surface area contributed by atoms with Crippen LogP contribution in [0, 0.1) is 6.92 Å². The zero-order valence-electron chi connectivity index (χ0n) is 11.1. The Kier molecular flexibility index (Phi) is 4.37. The minimum absolute atomic E-state index is 0.222. The van der Waals surface area contributed by atoms with Crippen molar-refractivity contribution in [3.8, 4) is 0 Å². The maximum atomic E-state index is 12.4. The lowest BCUT2D eigenvalue weighted by molar-refractivity contribution is -0.133. The normalized spacial score (nSPS) is 19.9. The third kappa shape index (κ3) is 2.91. The number of nitrogens with zero attached hydrogens (tertiary/aromatic N) is 1. The van der Waals surface area contributed by atoms with Crippen LogP contribution in [0.2, 0.25) is 0 Å². The third-order valence-electron chi connectivity index (χ3n) is 3.82. The molecule has 1 aliphatic rings. The van der Waals surface area contributed by atoms with Crippen LogP contribution in [0.25, 0.3) is 0 Å². The second kappa shape index (κ2) is 6.01. The number of aryl methyl sites for hydroxylation is 1. The van der Waals surface area contributed by atoms with Gasteiger partial charge in [0.15, 0.2) is 0 Å². The number of amides is 1. The van der Waals surface area contributed by atoms with Gasteiger partial charge in [0.05, 0.1) is 6.42 Å². The monoisotopic (exact) mass is 246 g/mol. The van der Waals surface area contributed by atoms with E-state index in [4.69, 9.17) is 5.73 Å². The Morgan fingerprint density at radius 3 is 2.89 bits per heavy atom. The van der Waals surface area contributed by atoms with Crippen molar-refractivity contribution in [3.63, 3.8) is 0 Å². The van der Waals surface area contributed by atoms with Gasteiger partial charge in [0.25, 0.3) is 0 Å². The number of likely N-dealkylation sites (tertiary alicyclic amines) is 1. The molecular formula is C15H22N2O. The summed E-state index contributed by atoms with van der Waals surface area (Å²) in [5, 5.41) is 0. The van der Waals surface area contributed by atoms with Crippen molar-refractivity contribution in [2.45, 2.75) is 38.6 Å². The predicted octanol–water partition coefficient (Wildman–Crippen LogP) is 1.88. The van der Waals surface area contributed by atoms with Gasteiger partial charge in [-0.25, -0.2) is 0 Å². The first-order chi connectivity index (χ1) is 8.72. The first-order valence-corrected chi connectivity index (χ1v) is 6.76. The highest BCUT2D eigenvalue weighted by Crippen LogP contribution is 2.18. The summed E-state index contributed by atoms with van der Waals surface area (Å²) in [4.78, 5) is 14.3. The van der Waals surface area contributed by atoms with Crippen LogP contribution >= 0.6 is 0 Å². The molecule has 0 aliphatic carbocycles. The van der Waals surface area contributed by atoms with Crippen LogP contribution < -0.4 is 5.73 Å². The van der Waals surface area contributed by atoms with Crippen molar-refractivity contribution in [1.82, 2.24) is 4.90 Å². The Morgan fingerprint density at radius 2 is 2.17 bits per heavy atom. The van der Waals surface area contributed by atoms with Gasteiger partial charge in [0.1, 0.15) is 0 Å². The standard InChI is InChI=1S/C15H22N2O/c1-12-6-2-3-7-13(12)10-15(18)17-9-5-4-8-14(17)11-16/h2-3,6-7,14H,4-5,8-11,16H2,1H3/t14-/m0/s1. The van der Waals surface area contributed by atoms with E-state index in [-0.39, 0.29) is 11.9 Å². The number of benzene rings is 1. The molecule has 2 rings (SSSR count). The summed E-state index contributed by atoms with van der Waals surface area (Å²) in [6, 6.07) is 8.34. The Bertz CT molecular complexity index is 417. The minimum atomic E-state index is 0.222. The summed E-state index contributed by atoms with van der Waals surface area (Å²) in [6.45, 7) is 3.51.